The van der Waals surface area contributed by atoms with Gasteiger partial charge in [0.1, 0.15) is 6.61 Å². The second kappa shape index (κ2) is 8.28. The van der Waals surface area contributed by atoms with E-state index in [1.54, 1.807) is 31.2 Å². The average molecular weight is 405 g/mol. The highest BCUT2D eigenvalue weighted by Crippen LogP contribution is 2.30. The van der Waals surface area contributed by atoms with E-state index < -0.39 is 27.9 Å². The lowest BCUT2D eigenvalue weighted by Crippen LogP contribution is -2.50. The SMILES string of the molecule is CCNS(=O)(=O)c1cccc(C(=O)NNC(=O)C2COc3ccccc3O2)c1. The first-order valence-corrected chi connectivity index (χ1v) is 9.97. The van der Waals surface area contributed by atoms with E-state index in [2.05, 4.69) is 15.6 Å². The largest absolute Gasteiger partial charge is 0.485 e. The topological polar surface area (TPSA) is 123 Å². The number of benzene rings is 2. The molecule has 1 aliphatic heterocycles. The first kappa shape index (κ1) is 19.6. The molecule has 1 heterocycles. The highest BCUT2D eigenvalue weighted by atomic mass is 32.2. The van der Waals surface area contributed by atoms with Crippen LogP contribution in [-0.4, -0.2) is 39.5 Å². The van der Waals surface area contributed by atoms with Crippen LogP contribution >= 0.6 is 0 Å². The summed E-state index contributed by atoms with van der Waals surface area (Å²) in [6.45, 7) is 1.87. The van der Waals surface area contributed by atoms with Crippen LogP contribution in [0, 0.1) is 0 Å². The lowest BCUT2D eigenvalue weighted by molar-refractivity contribution is -0.131. The van der Waals surface area contributed by atoms with Crippen LogP contribution in [0.5, 0.6) is 11.5 Å². The molecule has 3 N–H and O–H groups in total. The second-order valence-electron chi connectivity index (χ2n) is 5.84. The van der Waals surface area contributed by atoms with Gasteiger partial charge in [0.15, 0.2) is 11.5 Å². The normalized spacial score (nSPS) is 15.5. The van der Waals surface area contributed by atoms with Crippen LogP contribution in [0.4, 0.5) is 0 Å². The molecule has 0 fully saturated rings. The Morgan fingerprint density at radius 2 is 1.82 bits per heavy atom. The summed E-state index contributed by atoms with van der Waals surface area (Å²) in [5, 5.41) is 0. The molecule has 0 spiro atoms. The predicted octanol–water partition coefficient (Wildman–Crippen LogP) is 0.586. The second-order valence-corrected chi connectivity index (χ2v) is 7.60. The van der Waals surface area contributed by atoms with Crippen LogP contribution in [0.2, 0.25) is 0 Å². The highest BCUT2D eigenvalue weighted by Gasteiger charge is 2.27. The minimum absolute atomic E-state index is 0.00483. The molecule has 2 aromatic carbocycles. The molecular formula is C18H19N3O6S. The lowest BCUT2D eigenvalue weighted by atomic mass is 10.2. The van der Waals surface area contributed by atoms with E-state index in [4.69, 9.17) is 9.47 Å². The number of fused-ring (bicyclic) bond motifs is 1. The molecule has 10 heteroatoms. The average Bonchev–Trinajstić information content (AvgIpc) is 2.71. The Labute approximate surface area is 162 Å². The van der Waals surface area contributed by atoms with E-state index in [1.807, 2.05) is 0 Å². The maximum absolute atomic E-state index is 12.3. The maximum Gasteiger partial charge on any atom is 0.283 e. The Morgan fingerprint density at radius 3 is 2.57 bits per heavy atom. The predicted molar refractivity (Wildman–Crippen MR) is 99.3 cm³/mol. The summed E-state index contributed by atoms with van der Waals surface area (Å²) in [4.78, 5) is 24.4. The number of hydrazine groups is 1. The van der Waals surface area contributed by atoms with E-state index in [-0.39, 0.29) is 23.6 Å². The van der Waals surface area contributed by atoms with Crippen molar-refractivity contribution in [2.45, 2.75) is 17.9 Å². The van der Waals surface area contributed by atoms with Gasteiger partial charge in [0.05, 0.1) is 4.90 Å². The third kappa shape index (κ3) is 4.41. The van der Waals surface area contributed by atoms with Crippen LogP contribution < -0.4 is 25.0 Å². The minimum atomic E-state index is -3.70. The van der Waals surface area contributed by atoms with Crippen LogP contribution in [-0.2, 0) is 14.8 Å². The number of amides is 2. The van der Waals surface area contributed by atoms with Gasteiger partial charge in [-0.1, -0.05) is 25.1 Å². The molecule has 2 amide bonds. The first-order valence-electron chi connectivity index (χ1n) is 8.49. The molecule has 2 aromatic rings. The summed E-state index contributed by atoms with van der Waals surface area (Å²) in [6, 6.07) is 12.4. The monoisotopic (exact) mass is 405 g/mol. The minimum Gasteiger partial charge on any atom is -0.485 e. The fraction of sp³-hybridized carbons (Fsp3) is 0.222. The Morgan fingerprint density at radius 1 is 1.07 bits per heavy atom. The summed E-state index contributed by atoms with van der Waals surface area (Å²) in [6.07, 6.45) is -0.935. The molecule has 28 heavy (non-hydrogen) atoms. The Hall–Kier alpha value is -3.11. The number of nitrogens with one attached hydrogen (secondary N) is 3. The van der Waals surface area contributed by atoms with Gasteiger partial charge >= 0.3 is 0 Å². The van der Waals surface area contributed by atoms with E-state index in [0.29, 0.717) is 11.5 Å². The molecule has 1 unspecified atom stereocenters. The molecule has 9 nitrogen and oxygen atoms in total. The molecule has 0 saturated carbocycles. The Bertz CT molecular complexity index is 992. The quantitative estimate of drug-likeness (QED) is 0.626. The van der Waals surface area contributed by atoms with Crippen molar-refractivity contribution >= 4 is 21.8 Å². The fourth-order valence-electron chi connectivity index (χ4n) is 2.50. The van der Waals surface area contributed by atoms with E-state index >= 15 is 0 Å². The van der Waals surface area contributed by atoms with Gasteiger partial charge in [0, 0.05) is 12.1 Å². The molecule has 148 valence electrons. The number of carbonyl (C=O) groups is 2. The van der Waals surface area contributed by atoms with Gasteiger partial charge in [0.25, 0.3) is 11.8 Å². The zero-order valence-electron chi connectivity index (χ0n) is 15.0. The summed E-state index contributed by atoms with van der Waals surface area (Å²) in [5.74, 6) is -0.297. The zero-order valence-corrected chi connectivity index (χ0v) is 15.8. The number of rotatable bonds is 5. The van der Waals surface area contributed by atoms with Gasteiger partial charge in [-0.3, -0.25) is 20.4 Å². The summed E-state index contributed by atoms with van der Waals surface area (Å²) < 4.78 is 37.4. The molecule has 0 saturated heterocycles. The van der Waals surface area contributed by atoms with Crippen molar-refractivity contribution in [2.75, 3.05) is 13.2 Å². The van der Waals surface area contributed by atoms with Gasteiger partial charge in [-0.2, -0.15) is 0 Å². The van der Waals surface area contributed by atoms with Crippen molar-refractivity contribution in [3.8, 4) is 11.5 Å². The number of hydrogen-bond acceptors (Lipinski definition) is 6. The van der Waals surface area contributed by atoms with Crippen molar-refractivity contribution in [3.63, 3.8) is 0 Å². The van der Waals surface area contributed by atoms with Crippen LogP contribution in [0.3, 0.4) is 0 Å². The number of ether oxygens (including phenoxy) is 2. The summed E-state index contributed by atoms with van der Waals surface area (Å²) in [7, 11) is -3.70. The molecule has 0 aliphatic carbocycles. The molecule has 0 bridgehead atoms. The van der Waals surface area contributed by atoms with Gasteiger partial charge in [-0.15, -0.1) is 0 Å². The zero-order chi connectivity index (χ0) is 20.1. The molecule has 1 aliphatic rings. The Kier molecular flexibility index (Phi) is 5.81. The Balaban J connectivity index is 1.61. The summed E-state index contributed by atoms with van der Waals surface area (Å²) in [5.41, 5.74) is 4.57. The van der Waals surface area contributed by atoms with Crippen molar-refractivity contribution in [1.29, 1.82) is 0 Å². The van der Waals surface area contributed by atoms with Gasteiger partial charge in [-0.25, -0.2) is 13.1 Å². The molecular weight excluding hydrogens is 386 g/mol. The van der Waals surface area contributed by atoms with E-state index in [1.165, 1.54) is 24.3 Å². The smallest absolute Gasteiger partial charge is 0.283 e. The fourth-order valence-corrected chi connectivity index (χ4v) is 3.58. The number of sulfonamides is 1. The molecule has 3 rings (SSSR count). The van der Waals surface area contributed by atoms with Crippen molar-refractivity contribution in [2.24, 2.45) is 0 Å². The van der Waals surface area contributed by atoms with Gasteiger partial charge in [-0.05, 0) is 30.3 Å². The van der Waals surface area contributed by atoms with Crippen molar-refractivity contribution < 1.29 is 27.5 Å². The molecule has 0 radical (unpaired) electrons. The third-order valence-corrected chi connectivity index (χ3v) is 5.38. The van der Waals surface area contributed by atoms with Crippen LogP contribution in [0.25, 0.3) is 0 Å². The highest BCUT2D eigenvalue weighted by molar-refractivity contribution is 7.89. The lowest BCUT2D eigenvalue weighted by Gasteiger charge is -2.25. The summed E-state index contributed by atoms with van der Waals surface area (Å²) >= 11 is 0. The van der Waals surface area contributed by atoms with Gasteiger partial charge < -0.3 is 9.47 Å². The first-order chi connectivity index (χ1) is 13.4. The maximum atomic E-state index is 12.3. The number of carbonyl (C=O) groups excluding carboxylic acids is 2. The van der Waals surface area contributed by atoms with Crippen molar-refractivity contribution in [1.82, 2.24) is 15.6 Å². The van der Waals surface area contributed by atoms with Gasteiger partial charge in [0.2, 0.25) is 16.1 Å². The molecule has 1 atom stereocenters. The van der Waals surface area contributed by atoms with E-state index in [9.17, 15) is 18.0 Å². The third-order valence-electron chi connectivity index (χ3n) is 3.84. The number of hydrogen-bond donors (Lipinski definition) is 3. The van der Waals surface area contributed by atoms with Crippen molar-refractivity contribution in [3.05, 3.63) is 54.1 Å². The van der Waals surface area contributed by atoms with E-state index in [0.717, 1.165) is 0 Å². The molecule has 0 aromatic heterocycles. The number of para-hydroxylation sites is 2. The standard InChI is InChI=1S/C18H19N3O6S/c1-2-19-28(24,25)13-7-5-6-12(10-13)17(22)20-21-18(23)16-11-26-14-8-3-4-9-15(14)27-16/h3-10,16,19H,2,11H2,1H3,(H,20,22)(H,21,23). The van der Waals surface area contributed by atoms with Crippen LogP contribution in [0.1, 0.15) is 17.3 Å². The van der Waals surface area contributed by atoms with Crippen LogP contribution in [0.15, 0.2) is 53.4 Å².